The maximum atomic E-state index is 12.1. The molecular weight excluding hydrogens is 218 g/mol. The fraction of sp³-hybridized carbons (Fsp3) is 0.500. The van der Waals surface area contributed by atoms with E-state index in [2.05, 4.69) is 5.10 Å². The second-order valence-electron chi connectivity index (χ2n) is 4.68. The predicted octanol–water partition coefficient (Wildman–Crippen LogP) is 0.821. The summed E-state index contributed by atoms with van der Waals surface area (Å²) in [5.74, 6) is 0.129. The van der Waals surface area contributed by atoms with Crippen LogP contribution in [0.3, 0.4) is 0 Å². The average Bonchev–Trinajstić information content (AvgIpc) is 2.63. The first kappa shape index (κ1) is 11.9. The van der Waals surface area contributed by atoms with Crippen molar-refractivity contribution in [2.24, 2.45) is 5.92 Å². The Kier molecular flexibility index (Phi) is 3.02. The summed E-state index contributed by atoms with van der Waals surface area (Å²) in [5.41, 5.74) is 1.23. The third-order valence-corrected chi connectivity index (χ3v) is 2.88. The molecule has 92 valence electrons. The average molecular weight is 235 g/mol. The van der Waals surface area contributed by atoms with Gasteiger partial charge >= 0.3 is 0 Å². The number of aryl methyl sites for hydroxylation is 1. The van der Waals surface area contributed by atoms with Gasteiger partial charge in [0, 0.05) is 12.4 Å². The van der Waals surface area contributed by atoms with E-state index in [0.29, 0.717) is 12.1 Å². The van der Waals surface area contributed by atoms with E-state index in [1.807, 2.05) is 20.8 Å². The summed E-state index contributed by atoms with van der Waals surface area (Å²) in [5, 5.41) is 14.0. The van der Waals surface area contributed by atoms with Crippen molar-refractivity contribution >= 4 is 5.52 Å². The molecule has 0 saturated carbocycles. The Bertz CT molecular complexity index is 583. The third kappa shape index (κ3) is 2.24. The van der Waals surface area contributed by atoms with Gasteiger partial charge in [-0.15, -0.1) is 0 Å². The fourth-order valence-electron chi connectivity index (χ4n) is 1.70. The number of fused-ring (bicyclic) bond motifs is 1. The van der Waals surface area contributed by atoms with Crippen LogP contribution >= 0.6 is 0 Å². The van der Waals surface area contributed by atoms with E-state index in [9.17, 15) is 9.90 Å². The van der Waals surface area contributed by atoms with Crippen LogP contribution in [0.15, 0.2) is 23.3 Å². The molecule has 0 spiro atoms. The molecule has 1 unspecified atom stereocenters. The highest BCUT2D eigenvalue weighted by Gasteiger charge is 2.12. The standard InChI is InChI=1S/C12H17N3O2/c1-8(2)11(16)7-14-4-5-15-10(12(14)17)6-9(3)13-15/h4-6,8,11,16H,7H2,1-3H3. The number of rotatable bonds is 3. The van der Waals surface area contributed by atoms with Crippen molar-refractivity contribution in [2.75, 3.05) is 0 Å². The smallest absolute Gasteiger partial charge is 0.276 e. The maximum Gasteiger partial charge on any atom is 0.276 e. The first-order chi connectivity index (χ1) is 7.99. The monoisotopic (exact) mass is 235 g/mol. The number of aromatic nitrogens is 3. The highest BCUT2D eigenvalue weighted by Crippen LogP contribution is 2.04. The molecule has 0 aliphatic rings. The van der Waals surface area contributed by atoms with Gasteiger partial charge < -0.3 is 9.67 Å². The van der Waals surface area contributed by atoms with Gasteiger partial charge in [0.1, 0.15) is 5.52 Å². The maximum absolute atomic E-state index is 12.1. The minimum absolute atomic E-state index is 0.118. The topological polar surface area (TPSA) is 59.5 Å². The van der Waals surface area contributed by atoms with Crippen LogP contribution in [-0.2, 0) is 6.54 Å². The summed E-state index contributed by atoms with van der Waals surface area (Å²) in [4.78, 5) is 12.1. The Hall–Kier alpha value is -1.62. The number of nitrogens with zero attached hydrogens (tertiary/aromatic N) is 3. The van der Waals surface area contributed by atoms with E-state index in [1.54, 1.807) is 23.0 Å². The Morgan fingerprint density at radius 3 is 2.76 bits per heavy atom. The molecule has 0 aliphatic carbocycles. The van der Waals surface area contributed by atoms with Crippen molar-refractivity contribution in [3.05, 3.63) is 34.5 Å². The van der Waals surface area contributed by atoms with Crippen molar-refractivity contribution in [3.63, 3.8) is 0 Å². The van der Waals surface area contributed by atoms with Gasteiger partial charge in [0.05, 0.1) is 18.3 Å². The molecule has 2 aromatic rings. The molecule has 5 heteroatoms. The lowest BCUT2D eigenvalue weighted by Gasteiger charge is -2.15. The van der Waals surface area contributed by atoms with E-state index < -0.39 is 6.10 Å². The van der Waals surface area contributed by atoms with Crippen molar-refractivity contribution in [2.45, 2.75) is 33.4 Å². The Balaban J connectivity index is 2.42. The normalized spacial score (nSPS) is 13.5. The zero-order valence-electron chi connectivity index (χ0n) is 10.3. The number of aliphatic hydroxyl groups is 1. The van der Waals surface area contributed by atoms with E-state index in [-0.39, 0.29) is 11.5 Å². The van der Waals surface area contributed by atoms with E-state index in [1.165, 1.54) is 4.57 Å². The summed E-state index contributed by atoms with van der Waals surface area (Å²) in [6.45, 7) is 6.02. The summed E-state index contributed by atoms with van der Waals surface area (Å²) >= 11 is 0. The highest BCUT2D eigenvalue weighted by atomic mass is 16.3. The zero-order chi connectivity index (χ0) is 12.6. The molecule has 0 aromatic carbocycles. The SMILES string of the molecule is Cc1cc2c(=O)n(CC(O)C(C)C)ccn2n1. The fourth-order valence-corrected chi connectivity index (χ4v) is 1.70. The van der Waals surface area contributed by atoms with Gasteiger partial charge in [-0.05, 0) is 18.9 Å². The van der Waals surface area contributed by atoms with Crippen LogP contribution in [0.25, 0.3) is 5.52 Å². The van der Waals surface area contributed by atoms with E-state index >= 15 is 0 Å². The van der Waals surface area contributed by atoms with Crippen LogP contribution in [-0.4, -0.2) is 25.4 Å². The van der Waals surface area contributed by atoms with Crippen LogP contribution in [0.2, 0.25) is 0 Å². The molecule has 0 radical (unpaired) electrons. The van der Waals surface area contributed by atoms with Crippen LogP contribution in [0, 0.1) is 12.8 Å². The highest BCUT2D eigenvalue weighted by molar-refractivity contribution is 5.44. The van der Waals surface area contributed by atoms with Crippen molar-refractivity contribution in [1.29, 1.82) is 0 Å². The zero-order valence-corrected chi connectivity index (χ0v) is 10.3. The molecule has 0 bridgehead atoms. The van der Waals surface area contributed by atoms with E-state index in [4.69, 9.17) is 0 Å². The molecule has 0 amide bonds. The minimum atomic E-state index is -0.515. The minimum Gasteiger partial charge on any atom is -0.391 e. The largest absolute Gasteiger partial charge is 0.391 e. The van der Waals surface area contributed by atoms with Crippen LogP contribution in [0.5, 0.6) is 0 Å². The van der Waals surface area contributed by atoms with Crippen molar-refractivity contribution < 1.29 is 5.11 Å². The first-order valence-corrected chi connectivity index (χ1v) is 5.72. The Morgan fingerprint density at radius 2 is 2.12 bits per heavy atom. The number of hydrogen-bond donors (Lipinski definition) is 1. The van der Waals surface area contributed by atoms with Gasteiger partial charge in [-0.25, -0.2) is 4.52 Å². The van der Waals surface area contributed by atoms with Gasteiger partial charge in [0.25, 0.3) is 5.56 Å². The predicted molar refractivity (Wildman–Crippen MR) is 65.0 cm³/mol. The molecule has 17 heavy (non-hydrogen) atoms. The summed E-state index contributed by atoms with van der Waals surface area (Å²) < 4.78 is 3.09. The van der Waals surface area contributed by atoms with E-state index in [0.717, 1.165) is 5.69 Å². The Labute approximate surface area is 99.3 Å². The molecule has 0 fully saturated rings. The summed E-state index contributed by atoms with van der Waals surface area (Å²) in [6, 6.07) is 1.75. The van der Waals surface area contributed by atoms with Crippen LogP contribution in [0.1, 0.15) is 19.5 Å². The summed E-state index contributed by atoms with van der Waals surface area (Å²) in [6.07, 6.45) is 2.88. The molecule has 2 rings (SSSR count). The lowest BCUT2D eigenvalue weighted by atomic mass is 10.1. The van der Waals surface area contributed by atoms with Gasteiger partial charge in [0.15, 0.2) is 0 Å². The lowest BCUT2D eigenvalue weighted by molar-refractivity contribution is 0.106. The summed E-state index contributed by atoms with van der Waals surface area (Å²) in [7, 11) is 0. The first-order valence-electron chi connectivity index (χ1n) is 5.72. The molecule has 2 heterocycles. The quantitative estimate of drug-likeness (QED) is 0.857. The molecule has 5 nitrogen and oxygen atoms in total. The molecule has 1 N–H and O–H groups in total. The Morgan fingerprint density at radius 1 is 1.41 bits per heavy atom. The molecule has 2 aromatic heterocycles. The van der Waals surface area contributed by atoms with Gasteiger partial charge in [0.2, 0.25) is 0 Å². The lowest BCUT2D eigenvalue weighted by Crippen LogP contribution is -2.29. The van der Waals surface area contributed by atoms with Gasteiger partial charge in [-0.3, -0.25) is 4.79 Å². The van der Waals surface area contributed by atoms with Gasteiger partial charge in [-0.1, -0.05) is 13.8 Å². The van der Waals surface area contributed by atoms with Crippen molar-refractivity contribution in [3.8, 4) is 0 Å². The molecular formula is C12H17N3O2. The van der Waals surface area contributed by atoms with Crippen LogP contribution < -0.4 is 5.56 Å². The molecule has 0 saturated heterocycles. The number of hydrogen-bond acceptors (Lipinski definition) is 3. The van der Waals surface area contributed by atoms with Crippen LogP contribution in [0.4, 0.5) is 0 Å². The van der Waals surface area contributed by atoms with Gasteiger partial charge in [-0.2, -0.15) is 5.10 Å². The molecule has 1 atom stereocenters. The second-order valence-corrected chi connectivity index (χ2v) is 4.68. The molecule has 0 aliphatic heterocycles. The second kappa shape index (κ2) is 4.33. The third-order valence-electron chi connectivity index (χ3n) is 2.88. The number of aliphatic hydroxyl groups excluding tert-OH is 1. The van der Waals surface area contributed by atoms with Crippen molar-refractivity contribution in [1.82, 2.24) is 14.2 Å².